The lowest BCUT2D eigenvalue weighted by atomic mass is 9.90. The largest absolute Gasteiger partial charge is 0.493 e. The van der Waals surface area contributed by atoms with Gasteiger partial charge in [-0.1, -0.05) is 32.8 Å². The van der Waals surface area contributed by atoms with Crippen molar-refractivity contribution >= 4 is 10.9 Å². The fourth-order valence-electron chi connectivity index (χ4n) is 4.96. The van der Waals surface area contributed by atoms with Crippen LogP contribution in [0.5, 0.6) is 23.0 Å². The molecule has 1 heterocycles. The molecular formula is C31H44N2O4. The molecule has 0 saturated carbocycles. The van der Waals surface area contributed by atoms with Crippen LogP contribution in [-0.2, 0) is 13.0 Å². The summed E-state index contributed by atoms with van der Waals surface area (Å²) < 4.78 is 22.6. The molecule has 202 valence electrons. The van der Waals surface area contributed by atoms with Gasteiger partial charge in [-0.25, -0.2) is 0 Å². The molecule has 3 aromatic rings. The van der Waals surface area contributed by atoms with Crippen molar-refractivity contribution in [1.29, 1.82) is 0 Å². The zero-order chi connectivity index (χ0) is 27.2. The molecule has 0 atom stereocenters. The minimum Gasteiger partial charge on any atom is -0.493 e. The Hall–Kier alpha value is -2.99. The average molecular weight is 509 g/mol. The number of unbranched alkanes of at least 4 members (excludes halogenated alkanes) is 2. The zero-order valence-electron chi connectivity index (χ0n) is 24.2. The smallest absolute Gasteiger partial charge is 0.162 e. The summed E-state index contributed by atoms with van der Waals surface area (Å²) in [5, 5.41) is 1.04. The summed E-state index contributed by atoms with van der Waals surface area (Å²) in [5.74, 6) is 2.78. The maximum absolute atomic E-state index is 5.71. The quantitative estimate of drug-likeness (QED) is 0.240. The molecule has 0 bridgehead atoms. The number of ether oxygens (including phenoxy) is 4. The molecule has 0 N–H and O–H groups in total. The second kappa shape index (κ2) is 12.5. The first-order chi connectivity index (χ1) is 17.7. The summed E-state index contributed by atoms with van der Waals surface area (Å²) in [6.45, 7) is 12.9. The second-order valence-corrected chi connectivity index (χ2v) is 10.3. The zero-order valence-corrected chi connectivity index (χ0v) is 24.2. The van der Waals surface area contributed by atoms with E-state index in [4.69, 9.17) is 23.9 Å². The Balaban J connectivity index is 2.41. The van der Waals surface area contributed by atoms with Crippen molar-refractivity contribution in [3.05, 3.63) is 41.6 Å². The normalized spacial score (nSPS) is 11.7. The Kier molecular flexibility index (Phi) is 9.66. The van der Waals surface area contributed by atoms with Crippen molar-refractivity contribution in [3.8, 4) is 34.1 Å². The molecule has 0 radical (unpaired) electrons. The Labute approximate surface area is 222 Å². The number of fused-ring (bicyclic) bond motifs is 1. The monoisotopic (exact) mass is 508 g/mol. The van der Waals surface area contributed by atoms with Crippen molar-refractivity contribution < 1.29 is 18.9 Å². The van der Waals surface area contributed by atoms with Crippen molar-refractivity contribution in [2.45, 2.75) is 72.4 Å². The van der Waals surface area contributed by atoms with Gasteiger partial charge in [0.05, 0.1) is 39.6 Å². The highest BCUT2D eigenvalue weighted by Gasteiger charge is 2.25. The predicted molar refractivity (Wildman–Crippen MR) is 152 cm³/mol. The van der Waals surface area contributed by atoms with Gasteiger partial charge in [-0.2, -0.15) is 0 Å². The summed E-state index contributed by atoms with van der Waals surface area (Å²) >= 11 is 0. The Morgan fingerprint density at radius 3 is 1.97 bits per heavy atom. The number of methoxy groups -OCH3 is 4. The van der Waals surface area contributed by atoms with Crippen molar-refractivity contribution in [3.63, 3.8) is 0 Å². The number of hydrogen-bond acceptors (Lipinski definition) is 6. The van der Waals surface area contributed by atoms with Crippen molar-refractivity contribution in [2.24, 2.45) is 0 Å². The van der Waals surface area contributed by atoms with Gasteiger partial charge in [0.2, 0.25) is 0 Å². The highest BCUT2D eigenvalue weighted by atomic mass is 16.5. The van der Waals surface area contributed by atoms with Crippen LogP contribution in [0.3, 0.4) is 0 Å². The van der Waals surface area contributed by atoms with Crippen LogP contribution in [0, 0.1) is 0 Å². The lowest BCUT2D eigenvalue weighted by Gasteiger charge is -2.35. The highest BCUT2D eigenvalue weighted by Crippen LogP contribution is 2.42. The minimum atomic E-state index is 0.0210. The summed E-state index contributed by atoms with van der Waals surface area (Å²) in [6.07, 6.45) is 4.39. The van der Waals surface area contributed by atoms with Crippen LogP contribution in [0.1, 0.15) is 65.1 Å². The molecule has 1 aromatic heterocycles. The van der Waals surface area contributed by atoms with E-state index in [0.29, 0.717) is 23.0 Å². The van der Waals surface area contributed by atoms with E-state index in [9.17, 15) is 0 Å². The van der Waals surface area contributed by atoms with Gasteiger partial charge in [-0.3, -0.25) is 9.88 Å². The molecule has 0 aliphatic carbocycles. The summed E-state index contributed by atoms with van der Waals surface area (Å²) in [4.78, 5) is 7.74. The van der Waals surface area contributed by atoms with Crippen LogP contribution in [0.2, 0.25) is 0 Å². The molecule has 0 fully saturated rings. The van der Waals surface area contributed by atoms with E-state index in [1.807, 2.05) is 12.1 Å². The van der Waals surface area contributed by atoms with Crippen LogP contribution in [0.15, 0.2) is 30.3 Å². The number of benzene rings is 2. The molecule has 0 unspecified atom stereocenters. The molecule has 0 saturated heterocycles. The Bertz CT molecular complexity index is 1200. The number of aromatic nitrogens is 1. The number of rotatable bonds is 12. The van der Waals surface area contributed by atoms with Crippen LogP contribution in [0.25, 0.3) is 22.0 Å². The number of nitrogens with zero attached hydrogens (tertiary/aromatic N) is 2. The third-order valence-corrected chi connectivity index (χ3v) is 7.05. The van der Waals surface area contributed by atoms with Crippen LogP contribution in [-0.4, -0.2) is 50.4 Å². The van der Waals surface area contributed by atoms with Gasteiger partial charge in [0.25, 0.3) is 0 Å². The van der Waals surface area contributed by atoms with E-state index in [1.165, 1.54) is 17.5 Å². The van der Waals surface area contributed by atoms with Crippen molar-refractivity contribution in [2.75, 3.05) is 35.0 Å². The molecule has 0 aliphatic rings. The third-order valence-electron chi connectivity index (χ3n) is 7.05. The minimum absolute atomic E-state index is 0.0210. The van der Waals surface area contributed by atoms with E-state index in [1.54, 1.807) is 28.4 Å². The standard InChI is InChI=1S/C31H44N2O4/c1-10-12-13-14-22-25(20-33(11-2)31(3,4)5)32-24-19-29(37-9)28(36-8)18-23(24)30(22)21-15-16-26(34-6)27(17-21)35-7/h15-19H,10-14,20H2,1-9H3. The number of pyridine rings is 1. The summed E-state index contributed by atoms with van der Waals surface area (Å²) in [6, 6.07) is 10.2. The Morgan fingerprint density at radius 2 is 1.41 bits per heavy atom. The Morgan fingerprint density at radius 1 is 0.784 bits per heavy atom. The van der Waals surface area contributed by atoms with E-state index in [0.717, 1.165) is 54.5 Å². The molecule has 0 amide bonds. The van der Waals surface area contributed by atoms with Crippen molar-refractivity contribution in [1.82, 2.24) is 9.88 Å². The molecule has 6 nitrogen and oxygen atoms in total. The van der Waals surface area contributed by atoms with Crippen LogP contribution < -0.4 is 18.9 Å². The number of hydrogen-bond donors (Lipinski definition) is 0. The predicted octanol–water partition coefficient (Wildman–Crippen LogP) is 7.29. The first kappa shape index (κ1) is 28.6. The van der Waals surface area contributed by atoms with E-state index < -0.39 is 0 Å². The SMILES string of the molecule is CCCCCc1c(CN(CC)C(C)(C)C)nc2cc(OC)c(OC)cc2c1-c1ccc(OC)c(OC)c1. The molecule has 3 rings (SSSR count). The fraction of sp³-hybridized carbons (Fsp3) is 0.516. The lowest BCUT2D eigenvalue weighted by Crippen LogP contribution is -2.41. The summed E-state index contributed by atoms with van der Waals surface area (Å²) in [7, 11) is 6.68. The van der Waals surface area contributed by atoms with Gasteiger partial charge in [-0.05, 0) is 75.0 Å². The van der Waals surface area contributed by atoms with E-state index in [-0.39, 0.29) is 5.54 Å². The topological polar surface area (TPSA) is 53.1 Å². The average Bonchev–Trinajstić information content (AvgIpc) is 2.89. The molecule has 37 heavy (non-hydrogen) atoms. The van der Waals surface area contributed by atoms with Gasteiger partial charge < -0.3 is 18.9 Å². The molecule has 0 aliphatic heterocycles. The van der Waals surface area contributed by atoms with Gasteiger partial charge in [0, 0.05) is 23.5 Å². The van der Waals surface area contributed by atoms with E-state index in [2.05, 4.69) is 57.7 Å². The first-order valence-electron chi connectivity index (χ1n) is 13.3. The van der Waals surface area contributed by atoms with Crippen LogP contribution >= 0.6 is 0 Å². The second-order valence-electron chi connectivity index (χ2n) is 10.3. The third kappa shape index (κ3) is 6.30. The van der Waals surface area contributed by atoms with Gasteiger partial charge in [0.1, 0.15) is 0 Å². The molecule has 2 aromatic carbocycles. The molecule has 0 spiro atoms. The van der Waals surface area contributed by atoms with Gasteiger partial charge in [-0.15, -0.1) is 0 Å². The summed E-state index contributed by atoms with van der Waals surface area (Å²) in [5.41, 5.74) is 5.54. The first-order valence-corrected chi connectivity index (χ1v) is 13.3. The van der Waals surface area contributed by atoms with Gasteiger partial charge >= 0.3 is 0 Å². The maximum Gasteiger partial charge on any atom is 0.162 e. The van der Waals surface area contributed by atoms with E-state index >= 15 is 0 Å². The molecular weight excluding hydrogens is 464 g/mol. The van der Waals surface area contributed by atoms with Gasteiger partial charge in [0.15, 0.2) is 23.0 Å². The molecule has 6 heteroatoms. The lowest BCUT2D eigenvalue weighted by molar-refractivity contribution is 0.134. The van der Waals surface area contributed by atoms with Crippen LogP contribution in [0.4, 0.5) is 0 Å². The fourth-order valence-corrected chi connectivity index (χ4v) is 4.96. The highest BCUT2D eigenvalue weighted by molar-refractivity contribution is 5.98. The maximum atomic E-state index is 5.71.